The molecule has 5 saturated heterocycles. The van der Waals surface area contributed by atoms with E-state index in [0.29, 0.717) is 70.6 Å². The molecule has 43 atom stereocenters. The number of fused-ring (bicyclic) bond motifs is 10. The van der Waals surface area contributed by atoms with E-state index in [9.17, 15) is 97.0 Å². The molecule has 0 aromatic heterocycles. The second-order valence-electron chi connectivity index (χ2n) is 41.4. The highest BCUT2D eigenvalue weighted by molar-refractivity contribution is 5.25. The largest absolute Gasteiger partial charge is 0.394 e. The molecule has 648 valence electrons. The van der Waals surface area contributed by atoms with Crippen LogP contribution in [0.3, 0.4) is 0 Å². The molecule has 0 bridgehead atoms. The SMILES string of the molecule is CC(C)=CCCC(C)(OC1OC(CO)C(O)C(O)C1O)C1CCC2(C)[C@H]1[C@@H](O)CC1[C@]3(C)CC[C@@H](O)C(C)(C)C3C(OC3OC(CO)C(O)C(O)C3O)C[C@@]12C.CC1OC(OC2C(OC3C[C@@]4(C)C(C[C@H](O)[C@H]5[C@H](C6(C)CCC(C(C)(C)O)O6)CCC54C)[C@]4(C)CC[C@@H](O)C(C)(C)C34)OC(CO)C(O)C2O)C(O)C(O)C1O. The molecule has 0 aromatic rings. The van der Waals surface area contributed by atoms with Gasteiger partial charge in [0.15, 0.2) is 25.2 Å². The standard InChI is InChI=1S/2C42H72O14/c1-19-28(46)30(48)32(50)35(52-19)55-33-31(49)29(47)23(18-43)54-36(33)53-22-17-41(8)24(39(6)13-11-25(45)37(2,3)34(22)39)16-21(44)27-20(10-14-40(27,41)7)42(9)15-12-26(56-42)38(4,5)51;1-20(2)10-9-13-42(8,56-37-34(52)32(50)30(48)25(19-44)55-37)21-11-15-40(6)28(21)22(45)16-26-39(5)14-12-27(46)38(3,4)35(39)23(17-41(26,40)7)53-36-33(51)31(49)29(47)24(18-43)54-36/h19-36,43-51H,10-18H2,1-9H3;10,21-37,43-52H,9,11-19H2,1-8H3/t19?,20-,21+,22?,23?,24?,25-,26?,27-,28?,29?,30?,31?,32?,33?,34?,35?,36?,39+,40?,41+,42?;21?,22-,23?,24?,25?,26?,27+,28+,29?,30?,31?,32?,33?,34?,35?,36?,37?,39-,40?,41-,42?/m10/s1. The summed E-state index contributed by atoms with van der Waals surface area (Å²) >= 11 is 0. The van der Waals surface area contributed by atoms with Crippen LogP contribution in [-0.2, 0) is 42.6 Å². The molecule has 5 heterocycles. The van der Waals surface area contributed by atoms with E-state index < -0.39 is 234 Å². The molecule has 112 heavy (non-hydrogen) atoms. The van der Waals surface area contributed by atoms with Gasteiger partial charge in [0.05, 0.1) is 85.5 Å². The van der Waals surface area contributed by atoms with Crippen LogP contribution in [0.15, 0.2) is 11.6 Å². The van der Waals surface area contributed by atoms with Crippen LogP contribution in [0.1, 0.15) is 220 Å². The monoisotopic (exact) mass is 1600 g/mol. The average Bonchev–Trinajstić information content (AvgIpc) is 1.27. The molecule has 19 N–H and O–H groups in total. The van der Waals surface area contributed by atoms with E-state index in [0.717, 1.165) is 37.7 Å². The van der Waals surface area contributed by atoms with Gasteiger partial charge < -0.3 is 140 Å². The van der Waals surface area contributed by atoms with E-state index >= 15 is 0 Å². The Bertz CT molecular complexity index is 3240. The van der Waals surface area contributed by atoms with Crippen LogP contribution < -0.4 is 0 Å². The van der Waals surface area contributed by atoms with E-state index in [2.05, 4.69) is 68.4 Å². The number of rotatable bonds is 17. The Hall–Kier alpha value is -1.38. The molecule has 5 aliphatic heterocycles. The predicted molar refractivity (Wildman–Crippen MR) is 403 cm³/mol. The first kappa shape index (κ1) is 89.9. The lowest BCUT2D eigenvalue weighted by atomic mass is 9.34. The van der Waals surface area contributed by atoms with Crippen LogP contribution in [0.5, 0.6) is 0 Å². The smallest absolute Gasteiger partial charge is 0.187 e. The van der Waals surface area contributed by atoms with E-state index in [4.69, 9.17) is 42.6 Å². The first-order valence-electron chi connectivity index (χ1n) is 42.2. The van der Waals surface area contributed by atoms with Crippen molar-refractivity contribution in [1.82, 2.24) is 0 Å². The molecule has 28 nitrogen and oxygen atoms in total. The van der Waals surface area contributed by atoms with Gasteiger partial charge in [-0.2, -0.15) is 0 Å². The van der Waals surface area contributed by atoms with Crippen LogP contribution in [0.4, 0.5) is 0 Å². The van der Waals surface area contributed by atoms with E-state index in [-0.39, 0.29) is 58.9 Å². The number of aliphatic hydroxyl groups excluding tert-OH is 18. The number of allylic oxidation sites excluding steroid dienone is 2. The Morgan fingerprint density at radius 3 is 1.37 bits per heavy atom. The van der Waals surface area contributed by atoms with Crippen LogP contribution in [-0.4, -0.2) is 299 Å². The van der Waals surface area contributed by atoms with Crippen molar-refractivity contribution in [2.75, 3.05) is 19.8 Å². The third kappa shape index (κ3) is 14.6. The van der Waals surface area contributed by atoms with Gasteiger partial charge in [-0.3, -0.25) is 0 Å². The zero-order chi connectivity index (χ0) is 82.8. The highest BCUT2D eigenvalue weighted by Gasteiger charge is 2.77. The van der Waals surface area contributed by atoms with E-state index in [1.165, 1.54) is 6.92 Å². The molecule has 8 aliphatic carbocycles. The van der Waals surface area contributed by atoms with Crippen molar-refractivity contribution in [1.29, 1.82) is 0 Å². The third-order valence-corrected chi connectivity index (χ3v) is 33.9. The first-order chi connectivity index (χ1) is 51.9. The van der Waals surface area contributed by atoms with Gasteiger partial charge in [0.1, 0.15) is 91.6 Å². The Balaban J connectivity index is 0.000000208. The fraction of sp³-hybridized carbons (Fsp3) is 0.976. The second-order valence-corrected chi connectivity index (χ2v) is 41.4. The van der Waals surface area contributed by atoms with Crippen LogP contribution in [0, 0.1) is 90.7 Å². The molecule has 0 radical (unpaired) electrons. The zero-order valence-electron chi connectivity index (χ0n) is 69.4. The van der Waals surface area contributed by atoms with Gasteiger partial charge in [-0.15, -0.1) is 0 Å². The number of hydrogen-bond donors (Lipinski definition) is 19. The van der Waals surface area contributed by atoms with Gasteiger partial charge in [0.25, 0.3) is 0 Å². The summed E-state index contributed by atoms with van der Waals surface area (Å²) in [6.45, 7) is 33.3. The van der Waals surface area contributed by atoms with Crippen molar-refractivity contribution in [2.45, 2.75) is 403 Å². The van der Waals surface area contributed by atoms with Crippen molar-refractivity contribution < 1.29 is 140 Å². The summed E-state index contributed by atoms with van der Waals surface area (Å²) < 4.78 is 57.4. The molecule has 13 aliphatic rings. The molecular formula is C84H144O28. The third-order valence-electron chi connectivity index (χ3n) is 33.9. The summed E-state index contributed by atoms with van der Waals surface area (Å²) in [5.41, 5.74) is -5.28. The Labute approximate surface area is 661 Å². The second kappa shape index (κ2) is 31.8. The minimum atomic E-state index is -1.70. The predicted octanol–water partition coefficient (Wildman–Crippen LogP) is 2.48. The summed E-state index contributed by atoms with van der Waals surface area (Å²) in [6.07, 6.45) is -20.5. The zero-order valence-corrected chi connectivity index (χ0v) is 69.4. The lowest BCUT2D eigenvalue weighted by Crippen LogP contribution is -2.71. The fourth-order valence-electron chi connectivity index (χ4n) is 27.6. The lowest BCUT2D eigenvalue weighted by Gasteiger charge is -2.72. The van der Waals surface area contributed by atoms with Crippen molar-refractivity contribution in [3.8, 4) is 0 Å². The van der Waals surface area contributed by atoms with Crippen molar-refractivity contribution in [3.05, 3.63) is 11.6 Å². The minimum Gasteiger partial charge on any atom is -0.394 e. The molecule has 13 rings (SSSR count). The molecular weight excluding hydrogens is 1460 g/mol. The van der Waals surface area contributed by atoms with Gasteiger partial charge in [0.2, 0.25) is 0 Å². The quantitative estimate of drug-likeness (QED) is 0.0734. The van der Waals surface area contributed by atoms with E-state index in [1.807, 2.05) is 34.6 Å². The summed E-state index contributed by atoms with van der Waals surface area (Å²) in [4.78, 5) is 0. The van der Waals surface area contributed by atoms with Crippen LogP contribution in [0.2, 0.25) is 0 Å². The van der Waals surface area contributed by atoms with Gasteiger partial charge in [-0.25, -0.2) is 0 Å². The maximum atomic E-state index is 12.6. The number of aliphatic hydroxyl groups is 19. The summed E-state index contributed by atoms with van der Waals surface area (Å²) in [7, 11) is 0. The van der Waals surface area contributed by atoms with E-state index in [1.54, 1.807) is 13.8 Å². The maximum absolute atomic E-state index is 12.6. The van der Waals surface area contributed by atoms with Gasteiger partial charge in [-0.1, -0.05) is 80.9 Å². The minimum absolute atomic E-state index is 0.000258. The molecule has 13 fully saturated rings. The van der Waals surface area contributed by atoms with Gasteiger partial charge in [-0.05, 0) is 242 Å². The Morgan fingerprint density at radius 2 is 0.884 bits per heavy atom. The summed E-state index contributed by atoms with van der Waals surface area (Å²) in [6, 6.07) is 0. The highest BCUT2D eigenvalue weighted by atomic mass is 16.8. The topological polar surface area (TPSA) is 467 Å². The van der Waals surface area contributed by atoms with Crippen LogP contribution in [0.25, 0.3) is 0 Å². The van der Waals surface area contributed by atoms with Gasteiger partial charge in [0, 0.05) is 0 Å². The molecule has 0 spiro atoms. The molecule has 8 saturated carbocycles. The molecule has 0 amide bonds. The Morgan fingerprint density at radius 1 is 0.455 bits per heavy atom. The average molecular weight is 1600 g/mol. The molecule has 28 heteroatoms. The fourth-order valence-corrected chi connectivity index (χ4v) is 27.6. The lowest BCUT2D eigenvalue weighted by molar-refractivity contribution is -0.382. The van der Waals surface area contributed by atoms with Crippen LogP contribution >= 0.6 is 0 Å². The molecule has 0 aromatic carbocycles. The van der Waals surface area contributed by atoms with Crippen molar-refractivity contribution >= 4 is 0 Å². The highest BCUT2D eigenvalue weighted by Crippen LogP contribution is 2.79. The molecule has 32 unspecified atom stereocenters. The van der Waals surface area contributed by atoms with Gasteiger partial charge >= 0.3 is 0 Å². The Kier molecular flexibility index (Phi) is 25.5. The summed E-state index contributed by atoms with van der Waals surface area (Å²) in [5.74, 6) is -1.03. The maximum Gasteiger partial charge on any atom is 0.187 e. The number of hydrogen-bond acceptors (Lipinski definition) is 28. The van der Waals surface area contributed by atoms with Crippen molar-refractivity contribution in [2.24, 2.45) is 90.7 Å². The number of ether oxygens (including phenoxy) is 9. The van der Waals surface area contributed by atoms with Crippen molar-refractivity contribution in [3.63, 3.8) is 0 Å². The first-order valence-corrected chi connectivity index (χ1v) is 42.2. The summed E-state index contributed by atoms with van der Waals surface area (Å²) in [5, 5.41) is 208. The normalized spacial score (nSPS) is 55.0.